The van der Waals surface area contributed by atoms with Crippen LogP contribution in [0.2, 0.25) is 0 Å². The summed E-state index contributed by atoms with van der Waals surface area (Å²) in [7, 11) is 0. The highest BCUT2D eigenvalue weighted by atomic mass is 19.4. The van der Waals surface area contributed by atoms with E-state index < -0.39 is 46.0 Å². The van der Waals surface area contributed by atoms with E-state index in [0.29, 0.717) is 11.0 Å². The van der Waals surface area contributed by atoms with Gasteiger partial charge in [0.15, 0.2) is 0 Å². The van der Waals surface area contributed by atoms with Gasteiger partial charge in [0.1, 0.15) is 6.04 Å². The van der Waals surface area contributed by atoms with Crippen LogP contribution in [0.5, 0.6) is 0 Å². The van der Waals surface area contributed by atoms with Crippen LogP contribution in [0, 0.1) is 21.4 Å². The average Bonchev–Trinajstić information content (AvgIpc) is 2.71. The summed E-state index contributed by atoms with van der Waals surface area (Å²) in [4.78, 5) is 36.3. The lowest BCUT2D eigenvalue weighted by atomic mass is 9.91. The highest BCUT2D eigenvalue weighted by Crippen LogP contribution is 2.42. The third-order valence-electron chi connectivity index (χ3n) is 4.78. The number of anilines is 1. The number of hydrogen-bond donors (Lipinski definition) is 2. The van der Waals surface area contributed by atoms with Gasteiger partial charge in [0.25, 0.3) is 5.69 Å². The summed E-state index contributed by atoms with van der Waals surface area (Å²) in [5, 5.41) is 32.8. The number of aliphatic carboxylic acids is 1. The molecule has 0 bridgehead atoms. The summed E-state index contributed by atoms with van der Waals surface area (Å²) < 4.78 is 39.7. The van der Waals surface area contributed by atoms with Gasteiger partial charge in [-0.3, -0.25) is 15.0 Å². The molecule has 2 aromatic carbocycles. The molecule has 9 nitrogen and oxygen atoms in total. The van der Waals surface area contributed by atoms with Crippen molar-refractivity contribution in [1.82, 2.24) is 5.32 Å². The highest BCUT2D eigenvalue weighted by Gasteiger charge is 2.42. The number of carbonyl (C=O) groups excluding carboxylic acids is 1. The Hall–Kier alpha value is -4.40. The van der Waals surface area contributed by atoms with Crippen LogP contribution in [0.4, 0.5) is 29.3 Å². The van der Waals surface area contributed by atoms with Crippen LogP contribution in [0.15, 0.2) is 53.7 Å². The van der Waals surface area contributed by atoms with E-state index in [4.69, 9.17) is 5.26 Å². The van der Waals surface area contributed by atoms with Gasteiger partial charge in [0.05, 0.1) is 33.3 Å². The highest BCUT2D eigenvalue weighted by molar-refractivity contribution is 6.02. The number of hydrogen-bond acceptors (Lipinski definition) is 5. The fourth-order valence-corrected chi connectivity index (χ4v) is 3.41. The minimum atomic E-state index is -4.75. The van der Waals surface area contributed by atoms with Gasteiger partial charge in [-0.2, -0.15) is 18.4 Å². The number of carboxylic acid groups (broad SMARTS) is 1. The van der Waals surface area contributed by atoms with Gasteiger partial charge >= 0.3 is 18.2 Å². The normalized spacial score (nSPS) is 16.4. The lowest BCUT2D eigenvalue weighted by Crippen LogP contribution is -2.48. The molecule has 12 heteroatoms. The van der Waals surface area contributed by atoms with Gasteiger partial charge < -0.3 is 10.4 Å². The number of amides is 2. The number of urea groups is 1. The standard InChI is InChI=1S/C20H13F3N4O5/c1-10-16(18(28)29)17(14-6-5-11(9-24)7-15(14)27(31)32)26(19(30)25-10)13-4-2-3-12(8-13)20(21,22)23/h2-8,17H,1H3,(H,25,30)(H,28,29). The molecule has 1 aliphatic rings. The number of nitrogens with zero attached hydrogens (tertiary/aromatic N) is 3. The van der Waals surface area contributed by atoms with Gasteiger partial charge in [-0.05, 0) is 37.3 Å². The zero-order chi connectivity index (χ0) is 23.8. The van der Waals surface area contributed by atoms with Crippen molar-refractivity contribution in [2.45, 2.75) is 19.1 Å². The molecule has 1 aliphatic heterocycles. The van der Waals surface area contributed by atoms with E-state index in [9.17, 15) is 38.0 Å². The van der Waals surface area contributed by atoms with Crippen LogP contribution in [0.3, 0.4) is 0 Å². The van der Waals surface area contributed by atoms with Crippen LogP contribution < -0.4 is 10.2 Å². The molecule has 0 radical (unpaired) electrons. The number of halogens is 3. The molecule has 32 heavy (non-hydrogen) atoms. The molecule has 1 heterocycles. The minimum absolute atomic E-state index is 0.0936. The Bertz CT molecular complexity index is 1220. The zero-order valence-corrected chi connectivity index (χ0v) is 16.2. The molecule has 2 N–H and O–H groups in total. The average molecular weight is 446 g/mol. The quantitative estimate of drug-likeness (QED) is 0.536. The third kappa shape index (κ3) is 3.95. The van der Waals surface area contributed by atoms with Gasteiger partial charge in [0.2, 0.25) is 0 Å². The maximum Gasteiger partial charge on any atom is 0.416 e. The van der Waals surface area contributed by atoms with E-state index >= 15 is 0 Å². The Kier molecular flexibility index (Phi) is 5.59. The largest absolute Gasteiger partial charge is 0.478 e. The van der Waals surface area contributed by atoms with Crippen molar-refractivity contribution in [1.29, 1.82) is 5.26 Å². The molecular weight excluding hydrogens is 433 g/mol. The van der Waals surface area contributed by atoms with Crippen LogP contribution in [-0.2, 0) is 11.0 Å². The lowest BCUT2D eigenvalue weighted by molar-refractivity contribution is -0.385. The number of carbonyl (C=O) groups is 2. The van der Waals surface area contributed by atoms with Crippen LogP contribution in [0.25, 0.3) is 0 Å². The molecule has 3 rings (SSSR count). The Labute approximate surface area is 178 Å². The second-order valence-corrected chi connectivity index (χ2v) is 6.74. The van der Waals surface area contributed by atoms with Gasteiger partial charge in [-0.25, -0.2) is 9.59 Å². The molecule has 0 aromatic heterocycles. The van der Waals surface area contributed by atoms with Crippen molar-refractivity contribution in [3.63, 3.8) is 0 Å². The fourth-order valence-electron chi connectivity index (χ4n) is 3.41. The first-order valence-electron chi connectivity index (χ1n) is 8.85. The van der Waals surface area contributed by atoms with Crippen LogP contribution in [-0.4, -0.2) is 22.0 Å². The first-order valence-corrected chi connectivity index (χ1v) is 8.85. The van der Waals surface area contributed by atoms with Crippen molar-refractivity contribution in [2.75, 3.05) is 4.90 Å². The Morgan fingerprint density at radius 1 is 1.28 bits per heavy atom. The van der Waals surface area contributed by atoms with Crippen molar-refractivity contribution in [3.05, 3.63) is 80.5 Å². The molecule has 0 aliphatic carbocycles. The predicted molar refractivity (Wildman–Crippen MR) is 103 cm³/mol. The van der Waals surface area contributed by atoms with Crippen molar-refractivity contribution in [3.8, 4) is 6.07 Å². The maximum absolute atomic E-state index is 13.2. The second-order valence-electron chi connectivity index (χ2n) is 6.74. The number of benzene rings is 2. The first-order chi connectivity index (χ1) is 15.0. The number of nitro groups is 1. The van der Waals surface area contributed by atoms with Crippen LogP contribution in [0.1, 0.15) is 29.7 Å². The Morgan fingerprint density at radius 3 is 2.53 bits per heavy atom. The SMILES string of the molecule is CC1=C(C(=O)O)C(c2ccc(C#N)cc2[N+](=O)[O-])N(c2cccc(C(F)(F)F)c2)C(=O)N1. The Balaban J connectivity index is 2.33. The van der Waals surface area contributed by atoms with Gasteiger partial charge in [-0.15, -0.1) is 0 Å². The minimum Gasteiger partial charge on any atom is -0.478 e. The monoisotopic (exact) mass is 446 g/mol. The number of alkyl halides is 3. The van der Waals surface area contributed by atoms with Gasteiger partial charge in [0, 0.05) is 17.5 Å². The number of carboxylic acids is 1. The lowest BCUT2D eigenvalue weighted by Gasteiger charge is -2.37. The van der Waals surface area contributed by atoms with Crippen molar-refractivity contribution < 1.29 is 32.8 Å². The summed E-state index contributed by atoms with van der Waals surface area (Å²) in [6.07, 6.45) is -4.75. The number of rotatable bonds is 4. The van der Waals surface area contributed by atoms with E-state index in [1.165, 1.54) is 13.0 Å². The summed E-state index contributed by atoms with van der Waals surface area (Å²) in [6.45, 7) is 1.26. The molecule has 0 saturated heterocycles. The topological polar surface area (TPSA) is 137 Å². The third-order valence-corrected chi connectivity index (χ3v) is 4.78. The zero-order valence-electron chi connectivity index (χ0n) is 16.2. The number of nitro benzene ring substituents is 1. The van der Waals surface area contributed by atoms with Crippen molar-refractivity contribution in [2.24, 2.45) is 0 Å². The molecule has 2 amide bonds. The molecule has 0 fully saturated rings. The molecule has 1 atom stereocenters. The molecule has 164 valence electrons. The number of nitriles is 1. The predicted octanol–water partition coefficient (Wildman–Crippen LogP) is 4.11. The van der Waals surface area contributed by atoms with E-state index in [1.54, 1.807) is 6.07 Å². The smallest absolute Gasteiger partial charge is 0.416 e. The first kappa shape index (κ1) is 22.3. The molecule has 0 spiro atoms. The van der Waals surface area contributed by atoms with E-state index in [1.807, 2.05) is 0 Å². The van der Waals surface area contributed by atoms with Crippen molar-refractivity contribution >= 4 is 23.4 Å². The maximum atomic E-state index is 13.2. The number of allylic oxidation sites excluding steroid dienone is 1. The molecule has 1 unspecified atom stereocenters. The van der Waals surface area contributed by atoms with Crippen LogP contribution >= 0.6 is 0 Å². The summed E-state index contributed by atoms with van der Waals surface area (Å²) >= 11 is 0. The summed E-state index contributed by atoms with van der Waals surface area (Å²) in [5.41, 5.74) is -3.07. The molecule has 2 aromatic rings. The molecular formula is C20H13F3N4O5. The Morgan fingerprint density at radius 2 is 1.97 bits per heavy atom. The fraction of sp³-hybridized carbons (Fsp3) is 0.150. The van der Waals surface area contributed by atoms with E-state index in [-0.39, 0.29) is 22.5 Å². The van der Waals surface area contributed by atoms with Gasteiger partial charge in [-0.1, -0.05) is 6.07 Å². The molecule has 0 saturated carbocycles. The van der Waals surface area contributed by atoms with E-state index in [2.05, 4.69) is 5.32 Å². The van der Waals surface area contributed by atoms with E-state index in [0.717, 1.165) is 30.3 Å². The summed E-state index contributed by atoms with van der Waals surface area (Å²) in [5.74, 6) is -1.54. The number of nitrogens with one attached hydrogen (secondary N) is 1. The second kappa shape index (κ2) is 8.03. The summed E-state index contributed by atoms with van der Waals surface area (Å²) in [6, 6.07) is 5.89.